The van der Waals surface area contributed by atoms with Crippen molar-refractivity contribution in [3.8, 4) is 0 Å². The summed E-state index contributed by atoms with van der Waals surface area (Å²) in [6.45, 7) is 6.45. The molecule has 0 amide bonds. The van der Waals surface area contributed by atoms with Gasteiger partial charge in [0.15, 0.2) is 0 Å². The number of hydrogen-bond donors (Lipinski definition) is 0. The molecule has 0 aliphatic carbocycles. The Morgan fingerprint density at radius 1 is 1.62 bits per heavy atom. The molecule has 1 aromatic rings. The van der Waals surface area contributed by atoms with E-state index in [-0.39, 0.29) is 5.82 Å². The van der Waals surface area contributed by atoms with E-state index in [2.05, 4.69) is 23.9 Å². The van der Waals surface area contributed by atoms with E-state index in [4.69, 9.17) is 4.74 Å². The second-order valence-electron chi connectivity index (χ2n) is 4.37. The van der Waals surface area contributed by atoms with Gasteiger partial charge in [0.25, 0.3) is 5.82 Å². The number of ether oxygens (including phenoxy) is 1. The van der Waals surface area contributed by atoms with Crippen LogP contribution in [0.2, 0.25) is 0 Å². The van der Waals surface area contributed by atoms with Gasteiger partial charge < -0.3 is 4.74 Å². The Balaban J connectivity index is 2.22. The van der Waals surface area contributed by atoms with Gasteiger partial charge in [-0.1, -0.05) is 13.8 Å². The highest BCUT2D eigenvalue weighted by molar-refractivity contribution is 5.85. The van der Waals surface area contributed by atoms with Crippen LogP contribution in [0, 0.1) is 5.92 Å². The highest BCUT2D eigenvalue weighted by Crippen LogP contribution is 2.29. The lowest BCUT2D eigenvalue weighted by Gasteiger charge is -2.14. The number of fused-ring (bicyclic) bond motifs is 1. The highest BCUT2D eigenvalue weighted by atomic mass is 16.5. The van der Waals surface area contributed by atoms with Gasteiger partial charge in [0.2, 0.25) is 0 Å². The number of aryl methyl sites for hydroxylation is 1. The van der Waals surface area contributed by atoms with Crippen molar-refractivity contribution < 1.29 is 9.53 Å². The van der Waals surface area contributed by atoms with Crippen molar-refractivity contribution in [2.45, 2.75) is 39.7 Å². The van der Waals surface area contributed by atoms with Gasteiger partial charge in [0.1, 0.15) is 5.82 Å². The molecule has 0 aromatic carbocycles. The van der Waals surface area contributed by atoms with Gasteiger partial charge in [-0.15, -0.1) is 5.10 Å². The molecule has 0 bridgehead atoms. The predicted octanol–water partition coefficient (Wildman–Crippen LogP) is 1.60. The van der Waals surface area contributed by atoms with Crippen molar-refractivity contribution in [1.82, 2.24) is 14.8 Å². The smallest absolute Gasteiger partial charge is 0.378 e. The summed E-state index contributed by atoms with van der Waals surface area (Å²) >= 11 is 0. The van der Waals surface area contributed by atoms with Crippen molar-refractivity contribution in [2.75, 3.05) is 6.61 Å². The minimum atomic E-state index is -0.424. The number of nitrogens with zero attached hydrogens (tertiary/aromatic N) is 3. The molecule has 88 valence electrons. The largest absolute Gasteiger partial charge is 0.460 e. The third kappa shape index (κ3) is 1.81. The maximum atomic E-state index is 11.5. The molecule has 2 rings (SSSR count). The fourth-order valence-electron chi connectivity index (χ4n) is 2.09. The molecule has 1 aliphatic heterocycles. The molecule has 0 saturated carbocycles. The Kier molecular flexibility index (Phi) is 2.94. The maximum absolute atomic E-state index is 11.5. The van der Waals surface area contributed by atoms with E-state index in [9.17, 15) is 4.79 Å². The molecule has 0 unspecified atom stereocenters. The molecule has 1 aromatic heterocycles. The van der Waals surface area contributed by atoms with Crippen LogP contribution < -0.4 is 0 Å². The summed E-state index contributed by atoms with van der Waals surface area (Å²) < 4.78 is 6.77. The molecule has 0 radical (unpaired) electrons. The summed E-state index contributed by atoms with van der Waals surface area (Å²) in [5.74, 6) is 1.19. The molecule has 0 fully saturated rings. The van der Waals surface area contributed by atoms with Gasteiger partial charge >= 0.3 is 5.97 Å². The van der Waals surface area contributed by atoms with Gasteiger partial charge in [-0.25, -0.2) is 14.5 Å². The maximum Gasteiger partial charge on any atom is 0.378 e. The van der Waals surface area contributed by atoms with Crippen LogP contribution in [0.4, 0.5) is 0 Å². The third-order valence-electron chi connectivity index (χ3n) is 2.91. The first-order valence-electron chi connectivity index (χ1n) is 5.76. The van der Waals surface area contributed by atoms with Crippen LogP contribution in [-0.4, -0.2) is 27.3 Å². The first-order chi connectivity index (χ1) is 7.63. The molecule has 5 heteroatoms. The number of esters is 1. The number of aromatic nitrogens is 3. The normalized spacial score (nSPS) is 18.9. The quantitative estimate of drug-likeness (QED) is 0.730. The van der Waals surface area contributed by atoms with Crippen LogP contribution in [0.25, 0.3) is 0 Å². The Bertz CT molecular complexity index is 398. The Hall–Kier alpha value is -1.39. The van der Waals surface area contributed by atoms with Crippen molar-refractivity contribution in [3.63, 3.8) is 0 Å². The van der Waals surface area contributed by atoms with E-state index in [0.29, 0.717) is 18.6 Å². The topological polar surface area (TPSA) is 57.0 Å². The van der Waals surface area contributed by atoms with Crippen molar-refractivity contribution in [2.24, 2.45) is 5.92 Å². The minimum absolute atomic E-state index is 0.196. The first-order valence-corrected chi connectivity index (χ1v) is 5.76. The SMILES string of the molecule is CCOC(=O)c1nc2n(n1)[C@H](C(C)C)CC2. The summed E-state index contributed by atoms with van der Waals surface area (Å²) in [4.78, 5) is 15.7. The van der Waals surface area contributed by atoms with Gasteiger partial charge in [-0.2, -0.15) is 0 Å². The molecule has 5 nitrogen and oxygen atoms in total. The summed E-state index contributed by atoms with van der Waals surface area (Å²) in [6.07, 6.45) is 1.96. The van der Waals surface area contributed by atoms with Crippen molar-refractivity contribution >= 4 is 5.97 Å². The van der Waals surface area contributed by atoms with Crippen LogP contribution in [0.15, 0.2) is 0 Å². The second kappa shape index (κ2) is 4.23. The number of carbonyl (C=O) groups is 1. The van der Waals surface area contributed by atoms with Crippen LogP contribution in [0.3, 0.4) is 0 Å². The highest BCUT2D eigenvalue weighted by Gasteiger charge is 2.29. The summed E-state index contributed by atoms with van der Waals surface area (Å²) in [5, 5.41) is 4.24. The van der Waals surface area contributed by atoms with Crippen LogP contribution in [-0.2, 0) is 11.2 Å². The van der Waals surface area contributed by atoms with Crippen LogP contribution >= 0.6 is 0 Å². The monoisotopic (exact) mass is 223 g/mol. The van der Waals surface area contributed by atoms with Crippen molar-refractivity contribution in [1.29, 1.82) is 0 Å². The van der Waals surface area contributed by atoms with Gasteiger partial charge in [0, 0.05) is 6.42 Å². The minimum Gasteiger partial charge on any atom is -0.460 e. The molecular formula is C11H17N3O2. The third-order valence-corrected chi connectivity index (χ3v) is 2.91. The first kappa shape index (κ1) is 11.1. The molecule has 0 N–H and O–H groups in total. The lowest BCUT2D eigenvalue weighted by Crippen LogP contribution is -2.14. The zero-order chi connectivity index (χ0) is 11.7. The van der Waals surface area contributed by atoms with Gasteiger partial charge in [-0.05, 0) is 19.3 Å². The molecule has 1 aliphatic rings. The summed E-state index contributed by atoms with van der Waals surface area (Å²) in [5.41, 5.74) is 0. The number of rotatable bonds is 3. The lowest BCUT2D eigenvalue weighted by molar-refractivity contribution is 0.0511. The molecule has 0 spiro atoms. The van der Waals surface area contributed by atoms with E-state index >= 15 is 0 Å². The average Bonchev–Trinajstić information content (AvgIpc) is 2.74. The fraction of sp³-hybridized carbons (Fsp3) is 0.727. The molecule has 16 heavy (non-hydrogen) atoms. The van der Waals surface area contributed by atoms with Gasteiger partial charge in [-0.3, -0.25) is 0 Å². The number of hydrogen-bond acceptors (Lipinski definition) is 4. The molecule has 0 saturated heterocycles. The van der Waals surface area contributed by atoms with E-state index in [0.717, 1.165) is 18.7 Å². The summed E-state index contributed by atoms with van der Waals surface area (Å²) in [7, 11) is 0. The van der Waals surface area contributed by atoms with Crippen LogP contribution in [0.1, 0.15) is 49.7 Å². The van der Waals surface area contributed by atoms with E-state index in [1.165, 1.54) is 0 Å². The number of carbonyl (C=O) groups excluding carboxylic acids is 1. The standard InChI is InChI=1S/C11H17N3O2/c1-4-16-11(15)10-12-9-6-5-8(7(2)3)14(9)13-10/h7-8H,4-6H2,1-3H3/t8-/m0/s1. The molecular weight excluding hydrogens is 206 g/mol. The Labute approximate surface area is 94.8 Å². The second-order valence-corrected chi connectivity index (χ2v) is 4.37. The van der Waals surface area contributed by atoms with E-state index in [1.807, 2.05) is 4.68 Å². The summed E-state index contributed by atoms with van der Waals surface area (Å²) in [6, 6.07) is 0.366. The lowest BCUT2D eigenvalue weighted by atomic mass is 10.0. The van der Waals surface area contributed by atoms with Gasteiger partial charge in [0.05, 0.1) is 12.6 Å². The average molecular weight is 223 g/mol. The Morgan fingerprint density at radius 2 is 2.38 bits per heavy atom. The van der Waals surface area contributed by atoms with Crippen LogP contribution in [0.5, 0.6) is 0 Å². The van der Waals surface area contributed by atoms with E-state index < -0.39 is 5.97 Å². The molecule has 2 heterocycles. The molecule has 1 atom stereocenters. The predicted molar refractivity (Wildman–Crippen MR) is 58.2 cm³/mol. The zero-order valence-corrected chi connectivity index (χ0v) is 9.93. The van der Waals surface area contributed by atoms with E-state index in [1.54, 1.807) is 6.92 Å². The van der Waals surface area contributed by atoms with Crippen molar-refractivity contribution in [3.05, 3.63) is 11.6 Å². The zero-order valence-electron chi connectivity index (χ0n) is 9.93. The Morgan fingerprint density at radius 3 is 3.00 bits per heavy atom. The fourth-order valence-corrected chi connectivity index (χ4v) is 2.09.